The van der Waals surface area contributed by atoms with Gasteiger partial charge in [0.25, 0.3) is 11.1 Å². The van der Waals surface area contributed by atoms with Crippen LogP contribution in [0.2, 0.25) is 0 Å². The quantitative estimate of drug-likeness (QED) is 0.256. The van der Waals surface area contributed by atoms with Crippen LogP contribution in [-0.2, 0) is 19.1 Å². The van der Waals surface area contributed by atoms with Gasteiger partial charge in [0.2, 0.25) is 5.91 Å². The Bertz CT molecular complexity index is 1190. The molecule has 0 saturated carbocycles. The highest BCUT2D eigenvalue weighted by molar-refractivity contribution is 14.1. The number of rotatable bonds is 9. The van der Waals surface area contributed by atoms with Crippen molar-refractivity contribution in [1.29, 1.82) is 0 Å². The molecule has 1 aliphatic rings. The Morgan fingerprint density at radius 2 is 1.89 bits per heavy atom. The number of nitrogens with one attached hydrogen (secondary N) is 1. The Morgan fingerprint density at radius 1 is 1.17 bits per heavy atom. The molecule has 9 nitrogen and oxygen atoms in total. The minimum atomic E-state index is -0.617. The Hall–Kier alpha value is -3.13. The van der Waals surface area contributed by atoms with E-state index in [9.17, 15) is 23.6 Å². The van der Waals surface area contributed by atoms with Gasteiger partial charge in [0.05, 0.1) is 22.2 Å². The van der Waals surface area contributed by atoms with Gasteiger partial charge in [0.15, 0.2) is 18.1 Å². The highest BCUT2D eigenvalue weighted by Crippen LogP contribution is 2.37. The number of imide groups is 1. The van der Waals surface area contributed by atoms with E-state index in [1.165, 1.54) is 37.5 Å². The van der Waals surface area contributed by atoms with Crippen molar-refractivity contribution in [2.45, 2.75) is 6.92 Å². The van der Waals surface area contributed by atoms with Crippen LogP contribution in [0.15, 0.2) is 41.3 Å². The molecule has 0 spiro atoms. The van der Waals surface area contributed by atoms with Gasteiger partial charge in [-0.1, -0.05) is 0 Å². The molecule has 0 radical (unpaired) electrons. The summed E-state index contributed by atoms with van der Waals surface area (Å²) >= 11 is 2.71. The van der Waals surface area contributed by atoms with Crippen LogP contribution in [0.5, 0.6) is 11.5 Å². The van der Waals surface area contributed by atoms with Gasteiger partial charge in [0.1, 0.15) is 12.4 Å². The topological polar surface area (TPSA) is 111 Å². The maximum atomic E-state index is 13.0. The molecular formula is C23H20FIN2O7S. The molecule has 0 atom stereocenters. The van der Waals surface area contributed by atoms with Crippen molar-refractivity contribution >= 4 is 69.1 Å². The maximum Gasteiger partial charge on any atom is 0.343 e. The van der Waals surface area contributed by atoms with Crippen molar-refractivity contribution in [3.8, 4) is 11.5 Å². The fraction of sp³-hybridized carbons (Fsp3) is 0.217. The lowest BCUT2D eigenvalue weighted by molar-refractivity contribution is -0.143. The average Bonchev–Trinajstić information content (AvgIpc) is 3.07. The summed E-state index contributed by atoms with van der Waals surface area (Å²) in [6, 6.07) is 8.43. The molecule has 0 unspecified atom stereocenters. The van der Waals surface area contributed by atoms with Crippen LogP contribution in [0.1, 0.15) is 12.5 Å². The second-order valence-electron chi connectivity index (χ2n) is 6.95. The smallest absolute Gasteiger partial charge is 0.343 e. The predicted molar refractivity (Wildman–Crippen MR) is 136 cm³/mol. The molecule has 0 bridgehead atoms. The SMILES string of the molecule is CCOc1cc(/C=C2/SC(=O)N(CC(=O)Nc3ccc(F)cc3)C2=O)cc(I)c1OCC(=O)OC. The molecule has 35 heavy (non-hydrogen) atoms. The summed E-state index contributed by atoms with van der Waals surface area (Å²) in [7, 11) is 1.25. The number of anilines is 1. The summed E-state index contributed by atoms with van der Waals surface area (Å²) < 4.78 is 29.4. The first kappa shape index (κ1) is 26.5. The number of hydrogen-bond acceptors (Lipinski definition) is 8. The lowest BCUT2D eigenvalue weighted by Crippen LogP contribution is -2.36. The molecule has 3 rings (SSSR count). The molecule has 3 amide bonds. The van der Waals surface area contributed by atoms with Crippen LogP contribution in [0, 0.1) is 9.39 Å². The highest BCUT2D eigenvalue weighted by Gasteiger charge is 2.36. The van der Waals surface area contributed by atoms with Crippen molar-refractivity contribution in [3.63, 3.8) is 0 Å². The number of amides is 3. The number of carbonyl (C=O) groups is 4. The van der Waals surface area contributed by atoms with Crippen LogP contribution >= 0.6 is 34.4 Å². The Labute approximate surface area is 218 Å². The van der Waals surface area contributed by atoms with Gasteiger partial charge in [-0.05, 0) is 89.3 Å². The standard InChI is InChI=1S/C23H20FIN2O7S/c1-3-33-17-9-13(8-16(25)21(17)34-12-20(29)32-2)10-18-22(30)27(23(31)35-18)11-19(28)26-15-6-4-14(24)5-7-15/h4-10H,3,11-12H2,1-2H3,(H,26,28)/b18-10+. The maximum absolute atomic E-state index is 13.0. The van der Waals surface area contributed by atoms with Gasteiger partial charge >= 0.3 is 5.97 Å². The molecule has 2 aromatic rings. The third kappa shape index (κ3) is 6.94. The van der Waals surface area contributed by atoms with Crippen molar-refractivity contribution in [2.24, 2.45) is 0 Å². The predicted octanol–water partition coefficient (Wildman–Crippen LogP) is 4.06. The summed E-state index contributed by atoms with van der Waals surface area (Å²) in [6.45, 7) is 1.33. The van der Waals surface area contributed by atoms with Gasteiger partial charge in [-0.2, -0.15) is 0 Å². The van der Waals surface area contributed by atoms with E-state index in [2.05, 4.69) is 10.1 Å². The molecule has 1 fully saturated rings. The van der Waals surface area contributed by atoms with E-state index in [0.717, 1.165) is 4.90 Å². The first-order valence-electron chi connectivity index (χ1n) is 10.2. The van der Waals surface area contributed by atoms with E-state index >= 15 is 0 Å². The van der Waals surface area contributed by atoms with E-state index in [1.807, 2.05) is 22.6 Å². The zero-order valence-corrected chi connectivity index (χ0v) is 21.6. The number of esters is 1. The molecule has 184 valence electrons. The lowest BCUT2D eigenvalue weighted by Gasteiger charge is -2.14. The summed E-state index contributed by atoms with van der Waals surface area (Å²) in [6.07, 6.45) is 1.51. The van der Waals surface area contributed by atoms with Crippen LogP contribution in [0.3, 0.4) is 0 Å². The number of ether oxygens (including phenoxy) is 3. The van der Waals surface area contributed by atoms with Gasteiger partial charge in [-0.25, -0.2) is 9.18 Å². The van der Waals surface area contributed by atoms with Crippen LogP contribution in [0.25, 0.3) is 6.08 Å². The van der Waals surface area contributed by atoms with Gasteiger partial charge in [-0.3, -0.25) is 19.3 Å². The number of carbonyl (C=O) groups excluding carboxylic acids is 4. The monoisotopic (exact) mass is 614 g/mol. The number of thioether (sulfide) groups is 1. The van der Waals surface area contributed by atoms with E-state index in [4.69, 9.17) is 9.47 Å². The molecule has 1 N–H and O–H groups in total. The molecule has 0 aromatic heterocycles. The molecule has 0 aliphatic carbocycles. The lowest BCUT2D eigenvalue weighted by atomic mass is 10.2. The minimum Gasteiger partial charge on any atom is -0.490 e. The van der Waals surface area contributed by atoms with E-state index in [0.29, 0.717) is 44.7 Å². The summed E-state index contributed by atoms with van der Waals surface area (Å²) in [4.78, 5) is 49.9. The second kappa shape index (κ2) is 12.0. The van der Waals surface area contributed by atoms with Gasteiger partial charge < -0.3 is 19.5 Å². The normalized spacial score (nSPS) is 14.3. The van der Waals surface area contributed by atoms with Crippen molar-refractivity contribution in [1.82, 2.24) is 4.90 Å². The summed E-state index contributed by atoms with van der Waals surface area (Å²) in [5.41, 5.74) is 0.899. The zero-order valence-electron chi connectivity index (χ0n) is 18.6. The Kier molecular flexibility index (Phi) is 9.09. The largest absolute Gasteiger partial charge is 0.490 e. The first-order chi connectivity index (χ1) is 16.7. The zero-order chi connectivity index (χ0) is 25.5. The van der Waals surface area contributed by atoms with Crippen LogP contribution in [0.4, 0.5) is 14.9 Å². The van der Waals surface area contributed by atoms with Crippen LogP contribution in [-0.4, -0.2) is 54.8 Å². The van der Waals surface area contributed by atoms with E-state index in [1.54, 1.807) is 19.1 Å². The number of methoxy groups -OCH3 is 1. The molecule has 12 heteroatoms. The fourth-order valence-corrected chi connectivity index (χ4v) is 4.55. The van der Waals surface area contributed by atoms with Gasteiger partial charge in [-0.15, -0.1) is 0 Å². The fourth-order valence-electron chi connectivity index (χ4n) is 2.93. The molecule has 1 saturated heterocycles. The Morgan fingerprint density at radius 3 is 2.54 bits per heavy atom. The number of halogens is 2. The van der Waals surface area contributed by atoms with Crippen LogP contribution < -0.4 is 14.8 Å². The van der Waals surface area contributed by atoms with Gasteiger partial charge in [0, 0.05) is 5.69 Å². The van der Waals surface area contributed by atoms with Crippen molar-refractivity contribution in [2.75, 3.05) is 32.2 Å². The summed E-state index contributed by atoms with van der Waals surface area (Å²) in [5, 5.41) is 1.93. The molecular weight excluding hydrogens is 594 g/mol. The molecule has 2 aromatic carbocycles. The second-order valence-corrected chi connectivity index (χ2v) is 9.11. The third-order valence-electron chi connectivity index (χ3n) is 4.49. The highest BCUT2D eigenvalue weighted by atomic mass is 127. The van der Waals surface area contributed by atoms with Crippen molar-refractivity contribution in [3.05, 3.63) is 56.3 Å². The van der Waals surface area contributed by atoms with E-state index < -0.39 is 35.4 Å². The van der Waals surface area contributed by atoms with Crippen molar-refractivity contribution < 1.29 is 37.8 Å². The first-order valence-corrected chi connectivity index (χ1v) is 12.1. The summed E-state index contributed by atoms with van der Waals surface area (Å²) in [5.74, 6) is -1.52. The Balaban J connectivity index is 1.75. The van der Waals surface area contributed by atoms with E-state index in [-0.39, 0.29) is 11.5 Å². The number of nitrogens with zero attached hydrogens (tertiary/aromatic N) is 1. The third-order valence-corrected chi connectivity index (χ3v) is 6.20. The molecule has 1 heterocycles. The number of benzene rings is 2. The average molecular weight is 614 g/mol. The minimum absolute atomic E-state index is 0.131. The number of hydrogen-bond donors (Lipinski definition) is 1. The molecule has 1 aliphatic heterocycles.